The number of aliphatic carboxylic acids is 1. The molecule has 0 aliphatic heterocycles. The number of hydrogen-bond donors (Lipinski definition) is 4. The van der Waals surface area contributed by atoms with E-state index in [4.69, 9.17) is 27.8 Å². The summed E-state index contributed by atoms with van der Waals surface area (Å²) < 4.78 is 5.46. The molecule has 240 valence electrons. The number of carbonyl (C=O) groups excluding carboxylic acids is 2. The average Bonchev–Trinajstić information content (AvgIpc) is 3.03. The Morgan fingerprint density at radius 1 is 0.891 bits per heavy atom. The van der Waals surface area contributed by atoms with E-state index in [0.717, 1.165) is 16.7 Å². The molecule has 0 bridgehead atoms. The highest BCUT2D eigenvalue weighted by molar-refractivity contribution is 6.31. The van der Waals surface area contributed by atoms with Crippen molar-refractivity contribution in [2.45, 2.75) is 51.4 Å². The summed E-state index contributed by atoms with van der Waals surface area (Å²) in [5.41, 5.74) is 14.2. The van der Waals surface area contributed by atoms with Crippen LogP contribution in [0.25, 0.3) is 0 Å². The van der Waals surface area contributed by atoms with Gasteiger partial charge in [0, 0.05) is 17.9 Å². The van der Waals surface area contributed by atoms with Gasteiger partial charge in [-0.25, -0.2) is 14.6 Å². The summed E-state index contributed by atoms with van der Waals surface area (Å²) in [6.45, 7) is 0. The zero-order valence-electron chi connectivity index (χ0n) is 25.2. The third-order valence-corrected chi connectivity index (χ3v) is 8.40. The van der Waals surface area contributed by atoms with Crippen molar-refractivity contribution in [1.82, 2.24) is 0 Å². The molecule has 46 heavy (non-hydrogen) atoms. The van der Waals surface area contributed by atoms with Gasteiger partial charge in [-0.2, -0.15) is 0 Å². The molecule has 10 nitrogen and oxygen atoms in total. The number of carboxylic acid groups (broad SMARTS) is 2. The van der Waals surface area contributed by atoms with Crippen molar-refractivity contribution < 1.29 is 34.1 Å². The van der Waals surface area contributed by atoms with E-state index >= 15 is 0 Å². The molecular weight excluding hydrogens is 610 g/mol. The molecule has 1 aliphatic rings. The minimum Gasteiger partial charge on any atom is -0.481 e. The predicted molar refractivity (Wildman–Crippen MR) is 175 cm³/mol. The fraction of sp³-hybridized carbons (Fsp3) is 0.286. The molecule has 0 spiro atoms. The molecule has 0 radical (unpaired) electrons. The van der Waals surface area contributed by atoms with Gasteiger partial charge in [0.05, 0.1) is 22.7 Å². The van der Waals surface area contributed by atoms with Gasteiger partial charge in [-0.15, -0.1) is 0 Å². The van der Waals surface area contributed by atoms with Crippen molar-refractivity contribution in [3.05, 3.63) is 106 Å². The average molecular weight is 646 g/mol. The minimum absolute atomic E-state index is 0.0154. The second kappa shape index (κ2) is 15.9. The van der Waals surface area contributed by atoms with Gasteiger partial charge in [0.2, 0.25) is 0 Å². The highest BCUT2D eigenvalue weighted by atomic mass is 35.5. The van der Waals surface area contributed by atoms with Crippen LogP contribution in [0.15, 0.2) is 83.4 Å². The number of nitrogens with zero attached hydrogens (tertiary/aromatic N) is 1. The summed E-state index contributed by atoms with van der Waals surface area (Å²) in [5, 5.41) is 19.1. The highest BCUT2D eigenvalue weighted by Gasteiger charge is 2.28. The third kappa shape index (κ3) is 9.77. The molecule has 0 unspecified atom stereocenters. The number of carboxylic acids is 2. The van der Waals surface area contributed by atoms with Crippen LogP contribution in [0.1, 0.15) is 70.4 Å². The molecule has 1 aliphatic carbocycles. The fourth-order valence-corrected chi connectivity index (χ4v) is 5.81. The summed E-state index contributed by atoms with van der Waals surface area (Å²) in [4.78, 5) is 52.6. The van der Waals surface area contributed by atoms with E-state index in [-0.39, 0.29) is 47.7 Å². The second-order valence-corrected chi connectivity index (χ2v) is 11.7. The number of hydrogen-bond acceptors (Lipinski definition) is 6. The molecule has 0 atom stereocenters. The summed E-state index contributed by atoms with van der Waals surface area (Å²) in [5.74, 6) is -2.49. The monoisotopic (exact) mass is 645 g/mol. The Bertz CT molecular complexity index is 1650. The molecule has 3 aromatic carbocycles. The van der Waals surface area contributed by atoms with E-state index in [0.29, 0.717) is 54.8 Å². The number of aliphatic imine (C=N–C) groups is 1. The normalized spacial score (nSPS) is 16.3. The van der Waals surface area contributed by atoms with Crippen LogP contribution in [0.2, 0.25) is 5.02 Å². The van der Waals surface area contributed by atoms with Crippen LogP contribution in [0.4, 0.5) is 5.69 Å². The predicted octanol–water partition coefficient (Wildman–Crippen LogP) is 6.11. The molecule has 0 aromatic heterocycles. The lowest BCUT2D eigenvalue weighted by atomic mass is 9.76. The van der Waals surface area contributed by atoms with E-state index in [1.165, 1.54) is 12.1 Å². The Hall–Kier alpha value is -4.96. The maximum atomic E-state index is 13.2. The van der Waals surface area contributed by atoms with E-state index < -0.39 is 17.9 Å². The standard InChI is InChI=1S/C35H36ClN3O7/c36-31-20-30(46-34(45)25-10-14-28(15-11-25)39-35(37)38)17-13-23(31)12-16-29(40)19-26(22-6-8-24(9-7-22)32(41)42)5-4-21-2-1-3-27(18-21)33(43)44/h1-3,5,10-11,13-15,17-18,20,22,24H,4,6-9,12,16,19H2,(H,41,42)(H,43,44)(H4,37,38,39)/b26-5-. The van der Waals surface area contributed by atoms with Gasteiger partial charge in [0.25, 0.3) is 0 Å². The Morgan fingerprint density at radius 3 is 2.22 bits per heavy atom. The summed E-state index contributed by atoms with van der Waals surface area (Å²) in [6, 6.07) is 17.8. The van der Waals surface area contributed by atoms with Crippen molar-refractivity contribution in [2.24, 2.45) is 28.3 Å². The van der Waals surface area contributed by atoms with E-state index in [1.807, 2.05) is 12.1 Å². The molecular formula is C35H36ClN3O7. The maximum Gasteiger partial charge on any atom is 0.343 e. The van der Waals surface area contributed by atoms with Gasteiger partial charge in [0.1, 0.15) is 11.5 Å². The number of nitrogens with two attached hydrogens (primary N) is 2. The fourth-order valence-electron chi connectivity index (χ4n) is 5.55. The van der Waals surface area contributed by atoms with E-state index in [2.05, 4.69) is 4.99 Å². The first-order valence-corrected chi connectivity index (χ1v) is 15.3. The van der Waals surface area contributed by atoms with Gasteiger partial charge < -0.3 is 26.4 Å². The number of aryl methyl sites for hydroxylation is 1. The van der Waals surface area contributed by atoms with Crippen molar-refractivity contribution in [1.29, 1.82) is 0 Å². The van der Waals surface area contributed by atoms with Crippen molar-refractivity contribution >= 4 is 46.9 Å². The number of guanidine groups is 1. The van der Waals surface area contributed by atoms with Gasteiger partial charge in [-0.3, -0.25) is 9.59 Å². The summed E-state index contributed by atoms with van der Waals surface area (Å²) >= 11 is 6.49. The summed E-state index contributed by atoms with van der Waals surface area (Å²) in [6.07, 6.45) is 5.76. The van der Waals surface area contributed by atoms with Gasteiger partial charge in [-0.1, -0.05) is 41.4 Å². The number of Topliss-reactive ketones (excluding diaryl/α,β-unsaturated/α-hetero) is 1. The number of halogens is 1. The number of carbonyl (C=O) groups is 4. The second-order valence-electron chi connectivity index (χ2n) is 11.3. The zero-order valence-corrected chi connectivity index (χ0v) is 25.9. The number of rotatable bonds is 13. The van der Waals surface area contributed by atoms with Gasteiger partial charge >= 0.3 is 17.9 Å². The SMILES string of the molecule is NC(N)=Nc1ccc(C(=O)Oc2ccc(CCC(=O)C/C(=C/Cc3cccc(C(=O)O)c3)C3CCC(C(=O)O)CC3)c(Cl)c2)cc1. The van der Waals surface area contributed by atoms with Crippen molar-refractivity contribution in [3.8, 4) is 5.75 Å². The number of benzene rings is 3. The Morgan fingerprint density at radius 2 is 1.59 bits per heavy atom. The lowest BCUT2D eigenvalue weighted by molar-refractivity contribution is -0.143. The lowest BCUT2D eigenvalue weighted by Gasteiger charge is -2.28. The zero-order chi connectivity index (χ0) is 33.2. The number of allylic oxidation sites excluding steroid dienone is 2. The minimum atomic E-state index is -1.01. The molecule has 0 saturated heterocycles. The van der Waals surface area contributed by atoms with Crippen LogP contribution in [-0.2, 0) is 22.4 Å². The first kappa shape index (κ1) is 33.9. The van der Waals surface area contributed by atoms with Crippen molar-refractivity contribution in [2.75, 3.05) is 0 Å². The molecule has 0 heterocycles. The van der Waals surface area contributed by atoms with Gasteiger partial charge in [-0.05, 0) is 104 Å². The molecule has 0 amide bonds. The molecule has 3 aromatic rings. The van der Waals surface area contributed by atoms with E-state index in [1.54, 1.807) is 48.5 Å². The molecule has 4 rings (SSSR count). The quantitative estimate of drug-likeness (QED) is 0.0560. The first-order chi connectivity index (χ1) is 22.0. The topological polar surface area (TPSA) is 182 Å². The van der Waals surface area contributed by atoms with Crippen LogP contribution in [0.3, 0.4) is 0 Å². The van der Waals surface area contributed by atoms with Crippen LogP contribution in [0.5, 0.6) is 5.75 Å². The van der Waals surface area contributed by atoms with Crippen molar-refractivity contribution in [3.63, 3.8) is 0 Å². The molecule has 1 saturated carbocycles. The van der Waals surface area contributed by atoms with E-state index in [9.17, 15) is 29.4 Å². The number of ether oxygens (including phenoxy) is 1. The lowest BCUT2D eigenvalue weighted by Crippen LogP contribution is -2.23. The van der Waals surface area contributed by atoms with Crippen LogP contribution < -0.4 is 16.2 Å². The van der Waals surface area contributed by atoms with Gasteiger partial charge in [0.15, 0.2) is 5.96 Å². The number of aromatic carboxylic acids is 1. The Balaban J connectivity index is 1.38. The Kier molecular flexibility index (Phi) is 11.7. The number of ketones is 1. The summed E-state index contributed by atoms with van der Waals surface area (Å²) in [7, 11) is 0. The number of esters is 1. The maximum absolute atomic E-state index is 13.2. The molecule has 11 heteroatoms. The highest BCUT2D eigenvalue weighted by Crippen LogP contribution is 2.35. The van der Waals surface area contributed by atoms with Crippen LogP contribution >= 0.6 is 11.6 Å². The third-order valence-electron chi connectivity index (χ3n) is 8.05. The largest absolute Gasteiger partial charge is 0.481 e. The molecule has 1 fully saturated rings. The Labute approximate surface area is 271 Å². The van der Waals surface area contributed by atoms with Crippen LogP contribution in [-0.4, -0.2) is 39.9 Å². The smallest absolute Gasteiger partial charge is 0.343 e. The first-order valence-electron chi connectivity index (χ1n) is 14.9. The van der Waals surface area contributed by atoms with Crippen LogP contribution in [0, 0.1) is 11.8 Å². The molecule has 6 N–H and O–H groups in total.